The minimum Gasteiger partial charge on any atom is -0.453 e. The molecule has 0 aliphatic carbocycles. The summed E-state index contributed by atoms with van der Waals surface area (Å²) in [7, 11) is 1.41. The van der Waals surface area contributed by atoms with Gasteiger partial charge in [-0.25, -0.2) is 14.6 Å². The van der Waals surface area contributed by atoms with Gasteiger partial charge in [0.25, 0.3) is 0 Å². The summed E-state index contributed by atoms with van der Waals surface area (Å²) < 4.78 is 10.8. The number of ether oxygens (including phenoxy) is 2. The van der Waals surface area contributed by atoms with Crippen molar-refractivity contribution in [1.82, 2.24) is 19.8 Å². The molecule has 8 nitrogen and oxygen atoms in total. The Labute approximate surface area is 211 Å². The van der Waals surface area contributed by atoms with Crippen LogP contribution in [0.1, 0.15) is 61.9 Å². The van der Waals surface area contributed by atoms with Crippen molar-refractivity contribution in [3.63, 3.8) is 0 Å². The Bertz CT molecular complexity index is 1320. The predicted octanol–water partition coefficient (Wildman–Crippen LogP) is 5.73. The summed E-state index contributed by atoms with van der Waals surface area (Å²) in [6.07, 6.45) is 5.72. The number of likely N-dealkylation sites (tertiary alicyclic amines) is 1. The van der Waals surface area contributed by atoms with Crippen LogP contribution >= 0.6 is 0 Å². The highest BCUT2D eigenvalue weighted by molar-refractivity contribution is 5.85. The first kappa shape index (κ1) is 24.2. The Kier molecular flexibility index (Phi) is 6.14. The summed E-state index contributed by atoms with van der Waals surface area (Å²) in [4.78, 5) is 36.9. The molecule has 1 aromatic carbocycles. The molecule has 5 rings (SSSR count). The normalized spacial score (nSPS) is 17.9. The number of rotatable bonds is 2. The fourth-order valence-corrected chi connectivity index (χ4v) is 5.37. The van der Waals surface area contributed by atoms with Crippen molar-refractivity contribution in [2.75, 3.05) is 20.2 Å². The van der Waals surface area contributed by atoms with Gasteiger partial charge in [0.05, 0.1) is 13.2 Å². The number of hydrogen-bond acceptors (Lipinski definition) is 5. The predicted molar refractivity (Wildman–Crippen MR) is 138 cm³/mol. The zero-order valence-corrected chi connectivity index (χ0v) is 21.7. The van der Waals surface area contributed by atoms with E-state index in [0.717, 1.165) is 58.1 Å². The number of methoxy groups -OCH3 is 1. The molecular formula is C28H34N4O4. The Morgan fingerprint density at radius 3 is 2.67 bits per heavy atom. The Morgan fingerprint density at radius 2 is 1.92 bits per heavy atom. The Morgan fingerprint density at radius 1 is 1.11 bits per heavy atom. The van der Waals surface area contributed by atoms with Crippen molar-refractivity contribution in [1.29, 1.82) is 0 Å². The van der Waals surface area contributed by atoms with Gasteiger partial charge in [-0.15, -0.1) is 0 Å². The van der Waals surface area contributed by atoms with E-state index in [1.807, 2.05) is 38.1 Å². The molecule has 36 heavy (non-hydrogen) atoms. The molecule has 1 saturated heterocycles. The van der Waals surface area contributed by atoms with Gasteiger partial charge >= 0.3 is 12.2 Å². The van der Waals surface area contributed by atoms with Gasteiger partial charge in [-0.2, -0.15) is 0 Å². The van der Waals surface area contributed by atoms with Gasteiger partial charge in [0.1, 0.15) is 11.2 Å². The molecule has 2 aromatic heterocycles. The van der Waals surface area contributed by atoms with Crippen LogP contribution in [-0.4, -0.2) is 57.8 Å². The van der Waals surface area contributed by atoms with Crippen molar-refractivity contribution >= 4 is 23.2 Å². The molecular weight excluding hydrogens is 456 g/mol. The molecule has 0 spiro atoms. The summed E-state index contributed by atoms with van der Waals surface area (Å²) in [5.74, 6) is 0. The second kappa shape index (κ2) is 9.15. The summed E-state index contributed by atoms with van der Waals surface area (Å²) in [5.41, 5.74) is 6.93. The number of pyridine rings is 1. The van der Waals surface area contributed by atoms with Gasteiger partial charge in [-0.1, -0.05) is 6.07 Å². The average molecular weight is 491 g/mol. The van der Waals surface area contributed by atoms with Crippen LogP contribution in [0.15, 0.2) is 30.6 Å². The molecule has 0 radical (unpaired) electrons. The number of benzene rings is 1. The molecule has 0 saturated carbocycles. The van der Waals surface area contributed by atoms with Gasteiger partial charge < -0.3 is 24.3 Å². The summed E-state index contributed by atoms with van der Waals surface area (Å²) >= 11 is 0. The van der Waals surface area contributed by atoms with E-state index in [4.69, 9.17) is 9.47 Å². The number of amides is 2. The quantitative estimate of drug-likeness (QED) is 0.495. The monoisotopic (exact) mass is 490 g/mol. The lowest BCUT2D eigenvalue weighted by atomic mass is 9.87. The second-order valence-corrected chi connectivity index (χ2v) is 10.8. The molecule has 2 aliphatic rings. The van der Waals surface area contributed by atoms with Gasteiger partial charge in [0, 0.05) is 43.0 Å². The van der Waals surface area contributed by atoms with Crippen LogP contribution in [-0.2, 0) is 22.4 Å². The van der Waals surface area contributed by atoms with E-state index in [1.54, 1.807) is 4.90 Å². The number of nitrogens with zero attached hydrogens (tertiary/aromatic N) is 3. The Balaban J connectivity index is 1.60. The fourth-order valence-electron chi connectivity index (χ4n) is 5.37. The average Bonchev–Trinajstić information content (AvgIpc) is 3.48. The van der Waals surface area contributed by atoms with Crippen LogP contribution in [0.25, 0.3) is 22.2 Å². The number of H-pyrrole nitrogens is 1. The molecule has 2 amide bonds. The topological polar surface area (TPSA) is 87.8 Å². The van der Waals surface area contributed by atoms with E-state index in [0.29, 0.717) is 19.6 Å². The molecule has 0 unspecified atom stereocenters. The van der Waals surface area contributed by atoms with Crippen molar-refractivity contribution in [3.8, 4) is 11.1 Å². The molecule has 1 fully saturated rings. The highest BCUT2D eigenvalue weighted by atomic mass is 16.6. The molecule has 190 valence electrons. The van der Waals surface area contributed by atoms with E-state index >= 15 is 0 Å². The summed E-state index contributed by atoms with van der Waals surface area (Å²) in [6.45, 7) is 9.44. The summed E-state index contributed by atoms with van der Waals surface area (Å²) in [5, 5.41) is 1.10. The van der Waals surface area contributed by atoms with E-state index in [2.05, 4.69) is 35.1 Å². The maximum absolute atomic E-state index is 13.1. The van der Waals surface area contributed by atoms with Crippen molar-refractivity contribution in [2.24, 2.45) is 0 Å². The smallest absolute Gasteiger partial charge is 0.410 e. The first-order chi connectivity index (χ1) is 17.1. The SMILES string of the molecule is COC(=O)N1CCc2cc(-c3cnc4[nH]cc(C)c4c3)cc([C@@H]3CCCN3C(=O)OC(C)(C)C)c2C1. The highest BCUT2D eigenvalue weighted by Gasteiger charge is 2.36. The van der Waals surface area contributed by atoms with E-state index in [1.165, 1.54) is 12.7 Å². The second-order valence-electron chi connectivity index (χ2n) is 10.8. The van der Waals surface area contributed by atoms with Gasteiger partial charge in [0.15, 0.2) is 0 Å². The van der Waals surface area contributed by atoms with Crippen LogP contribution in [0.3, 0.4) is 0 Å². The summed E-state index contributed by atoms with van der Waals surface area (Å²) in [6, 6.07) is 6.45. The molecule has 2 aliphatic heterocycles. The molecule has 4 heterocycles. The standard InChI is InChI=1S/C28H34N4O4/c1-17-14-29-25-21(17)13-20(15-30-25)19-11-18-8-10-31(26(33)35-5)16-23(18)22(12-19)24-7-6-9-32(24)27(34)36-28(2,3)4/h11-15,24H,6-10,16H2,1-5H3,(H,29,30)/t24-/m0/s1. The zero-order valence-electron chi connectivity index (χ0n) is 21.7. The number of hydrogen-bond donors (Lipinski definition) is 1. The number of aromatic amines is 1. The Hall–Kier alpha value is -3.55. The number of aromatic nitrogens is 2. The van der Waals surface area contributed by atoms with Crippen molar-refractivity contribution < 1.29 is 19.1 Å². The zero-order chi connectivity index (χ0) is 25.6. The first-order valence-corrected chi connectivity index (χ1v) is 12.6. The molecule has 8 heteroatoms. The molecule has 1 N–H and O–H groups in total. The minimum atomic E-state index is -0.567. The van der Waals surface area contributed by atoms with Crippen LogP contribution < -0.4 is 0 Å². The van der Waals surface area contributed by atoms with Gasteiger partial charge in [-0.05, 0) is 86.9 Å². The first-order valence-electron chi connectivity index (χ1n) is 12.6. The van der Waals surface area contributed by atoms with Crippen LogP contribution in [0.5, 0.6) is 0 Å². The molecule has 0 bridgehead atoms. The number of nitrogens with one attached hydrogen (secondary N) is 1. The number of carbonyl (C=O) groups is 2. The van der Waals surface area contributed by atoms with Crippen LogP contribution in [0.4, 0.5) is 9.59 Å². The van der Waals surface area contributed by atoms with Gasteiger partial charge in [0.2, 0.25) is 0 Å². The van der Waals surface area contributed by atoms with E-state index < -0.39 is 5.60 Å². The van der Waals surface area contributed by atoms with E-state index in [-0.39, 0.29) is 18.2 Å². The third kappa shape index (κ3) is 4.52. The molecule has 3 aromatic rings. The minimum absolute atomic E-state index is 0.114. The largest absolute Gasteiger partial charge is 0.453 e. The lowest BCUT2D eigenvalue weighted by Crippen LogP contribution is -2.39. The van der Waals surface area contributed by atoms with Gasteiger partial charge in [-0.3, -0.25) is 0 Å². The third-order valence-electron chi connectivity index (χ3n) is 7.12. The maximum atomic E-state index is 13.1. The van der Waals surface area contributed by atoms with Crippen LogP contribution in [0, 0.1) is 6.92 Å². The number of aryl methyl sites for hydroxylation is 1. The van der Waals surface area contributed by atoms with E-state index in [9.17, 15) is 9.59 Å². The number of carbonyl (C=O) groups excluding carboxylic acids is 2. The fraction of sp³-hybridized carbons (Fsp3) is 0.464. The van der Waals surface area contributed by atoms with Crippen molar-refractivity contribution in [3.05, 3.63) is 52.8 Å². The highest BCUT2D eigenvalue weighted by Crippen LogP contribution is 2.40. The lowest BCUT2D eigenvalue weighted by Gasteiger charge is -2.34. The van der Waals surface area contributed by atoms with Crippen molar-refractivity contribution in [2.45, 2.75) is 65.1 Å². The maximum Gasteiger partial charge on any atom is 0.410 e. The number of fused-ring (bicyclic) bond motifs is 2. The van der Waals surface area contributed by atoms with Crippen LogP contribution in [0.2, 0.25) is 0 Å². The third-order valence-corrected chi connectivity index (χ3v) is 7.12. The lowest BCUT2D eigenvalue weighted by molar-refractivity contribution is 0.0223. The molecule has 1 atom stereocenters.